The Labute approximate surface area is 103 Å². The minimum Gasteiger partial charge on any atom is -0.497 e. The summed E-state index contributed by atoms with van der Waals surface area (Å²) in [6, 6.07) is 4.69. The van der Waals surface area contributed by atoms with Gasteiger partial charge in [-0.15, -0.1) is 0 Å². The third-order valence-corrected chi connectivity index (χ3v) is 2.88. The zero-order valence-electron chi connectivity index (χ0n) is 10.00. The zero-order chi connectivity index (χ0) is 13.3. The van der Waals surface area contributed by atoms with Gasteiger partial charge in [0.05, 0.1) is 18.5 Å². The van der Waals surface area contributed by atoms with Crippen LogP contribution in [-0.4, -0.2) is 25.9 Å². The molecule has 0 heterocycles. The summed E-state index contributed by atoms with van der Waals surface area (Å²) in [4.78, 5) is 1.33. The Morgan fingerprint density at radius 3 is 2.50 bits per heavy atom. The number of hydrogen-bond acceptors (Lipinski definition) is 3. The molecule has 0 radical (unpaired) electrons. The minimum atomic E-state index is -4.23. The summed E-state index contributed by atoms with van der Waals surface area (Å²) in [6.07, 6.45) is -2.67. The van der Waals surface area contributed by atoms with Crippen LogP contribution in [0.25, 0.3) is 0 Å². The number of alkyl halides is 3. The van der Waals surface area contributed by atoms with Crippen LogP contribution in [0, 0.1) is 0 Å². The Hall–Kier alpha value is -1.59. The van der Waals surface area contributed by atoms with E-state index in [9.17, 15) is 13.2 Å². The first-order valence-corrected chi connectivity index (χ1v) is 5.67. The van der Waals surface area contributed by atoms with E-state index in [4.69, 9.17) is 10.5 Å². The highest BCUT2D eigenvalue weighted by Crippen LogP contribution is 2.38. The quantitative estimate of drug-likeness (QED) is 0.846. The van der Waals surface area contributed by atoms with Gasteiger partial charge in [0.1, 0.15) is 12.3 Å². The number of benzene rings is 1. The fraction of sp³-hybridized carbons (Fsp3) is 0.500. The molecule has 0 aromatic heterocycles. The first kappa shape index (κ1) is 12.9. The predicted molar refractivity (Wildman–Crippen MR) is 63.8 cm³/mol. The van der Waals surface area contributed by atoms with E-state index in [0.717, 1.165) is 12.8 Å². The second-order valence-corrected chi connectivity index (χ2v) is 4.40. The van der Waals surface area contributed by atoms with E-state index in [1.54, 1.807) is 18.2 Å². The van der Waals surface area contributed by atoms with E-state index < -0.39 is 12.7 Å². The lowest BCUT2D eigenvalue weighted by molar-refractivity contribution is -0.119. The molecule has 0 spiro atoms. The van der Waals surface area contributed by atoms with Crippen molar-refractivity contribution < 1.29 is 17.9 Å². The van der Waals surface area contributed by atoms with Gasteiger partial charge in [0, 0.05) is 12.1 Å². The van der Waals surface area contributed by atoms with Crippen molar-refractivity contribution in [3.63, 3.8) is 0 Å². The summed E-state index contributed by atoms with van der Waals surface area (Å²) in [7, 11) is 1.49. The molecule has 18 heavy (non-hydrogen) atoms. The summed E-state index contributed by atoms with van der Waals surface area (Å²) in [5, 5.41) is 0. The Bertz CT molecular complexity index is 430. The van der Waals surface area contributed by atoms with Gasteiger partial charge in [0.2, 0.25) is 0 Å². The van der Waals surface area contributed by atoms with Gasteiger partial charge in [0.15, 0.2) is 0 Å². The SMILES string of the molecule is COc1ccc(N(CC(F)(F)F)C2CC2)c(N)c1. The number of ether oxygens (including phenoxy) is 1. The number of nitrogens with two attached hydrogens (primary N) is 1. The zero-order valence-corrected chi connectivity index (χ0v) is 10.00. The maximum atomic E-state index is 12.5. The van der Waals surface area contributed by atoms with E-state index in [1.807, 2.05) is 0 Å². The van der Waals surface area contributed by atoms with Gasteiger partial charge in [-0.1, -0.05) is 0 Å². The Balaban J connectivity index is 2.25. The predicted octanol–water partition coefficient (Wildman–Crippen LogP) is 2.81. The van der Waals surface area contributed by atoms with Crippen LogP contribution in [0.4, 0.5) is 24.5 Å². The molecule has 0 unspecified atom stereocenters. The average Bonchev–Trinajstić information content (AvgIpc) is 3.08. The van der Waals surface area contributed by atoms with Crippen LogP contribution in [0.1, 0.15) is 12.8 Å². The van der Waals surface area contributed by atoms with Crippen molar-refractivity contribution in [1.82, 2.24) is 0 Å². The minimum absolute atomic E-state index is 0.0534. The van der Waals surface area contributed by atoms with E-state index in [0.29, 0.717) is 17.1 Å². The number of halogens is 3. The summed E-state index contributed by atoms with van der Waals surface area (Å²) >= 11 is 0. The summed E-state index contributed by atoms with van der Waals surface area (Å²) in [5.41, 5.74) is 6.53. The van der Waals surface area contributed by atoms with Gasteiger partial charge in [-0.25, -0.2) is 0 Å². The normalized spacial score (nSPS) is 15.6. The van der Waals surface area contributed by atoms with Crippen molar-refractivity contribution in [2.24, 2.45) is 0 Å². The maximum absolute atomic E-state index is 12.5. The van der Waals surface area contributed by atoms with Crippen LogP contribution in [0.15, 0.2) is 18.2 Å². The van der Waals surface area contributed by atoms with Gasteiger partial charge in [0.25, 0.3) is 0 Å². The standard InChI is InChI=1S/C12H15F3N2O/c1-18-9-4-5-11(10(16)6-9)17(8-2-3-8)7-12(13,14)15/h4-6,8H,2-3,7,16H2,1H3. The molecule has 1 aliphatic rings. The molecule has 1 aromatic carbocycles. The van der Waals surface area contributed by atoms with Crippen LogP contribution in [0.2, 0.25) is 0 Å². The number of anilines is 2. The van der Waals surface area contributed by atoms with Gasteiger partial charge in [-0.2, -0.15) is 13.2 Å². The molecule has 1 fully saturated rings. The van der Waals surface area contributed by atoms with Crippen molar-refractivity contribution in [1.29, 1.82) is 0 Å². The lowest BCUT2D eigenvalue weighted by Crippen LogP contribution is -2.36. The summed E-state index contributed by atoms with van der Waals surface area (Å²) in [5.74, 6) is 0.541. The van der Waals surface area contributed by atoms with Crippen LogP contribution in [-0.2, 0) is 0 Å². The summed E-state index contributed by atoms with van der Waals surface area (Å²) in [6.45, 7) is -0.964. The van der Waals surface area contributed by atoms with E-state index in [1.165, 1.54) is 12.0 Å². The molecular weight excluding hydrogens is 245 g/mol. The van der Waals surface area contributed by atoms with Crippen molar-refractivity contribution in [2.45, 2.75) is 25.1 Å². The monoisotopic (exact) mass is 260 g/mol. The molecular formula is C12H15F3N2O. The van der Waals surface area contributed by atoms with E-state index in [2.05, 4.69) is 0 Å². The molecule has 1 aromatic rings. The van der Waals surface area contributed by atoms with Gasteiger partial charge < -0.3 is 15.4 Å². The Kier molecular flexibility index (Phi) is 3.28. The molecule has 2 rings (SSSR count). The van der Waals surface area contributed by atoms with Crippen LogP contribution < -0.4 is 15.4 Å². The van der Waals surface area contributed by atoms with Crippen molar-refractivity contribution in [3.8, 4) is 5.75 Å². The number of rotatable bonds is 4. The first-order valence-electron chi connectivity index (χ1n) is 5.67. The van der Waals surface area contributed by atoms with Crippen LogP contribution in [0.3, 0.4) is 0 Å². The van der Waals surface area contributed by atoms with E-state index in [-0.39, 0.29) is 6.04 Å². The molecule has 100 valence electrons. The fourth-order valence-electron chi connectivity index (χ4n) is 1.91. The lowest BCUT2D eigenvalue weighted by atomic mass is 10.2. The lowest BCUT2D eigenvalue weighted by Gasteiger charge is -2.27. The average molecular weight is 260 g/mol. The highest BCUT2D eigenvalue weighted by Gasteiger charge is 2.38. The summed E-state index contributed by atoms with van der Waals surface area (Å²) < 4.78 is 42.6. The van der Waals surface area contributed by atoms with Crippen molar-refractivity contribution >= 4 is 11.4 Å². The molecule has 0 aliphatic heterocycles. The Morgan fingerprint density at radius 1 is 1.39 bits per heavy atom. The fourth-order valence-corrected chi connectivity index (χ4v) is 1.91. The number of nitrogens with zero attached hydrogens (tertiary/aromatic N) is 1. The first-order chi connectivity index (χ1) is 8.40. The highest BCUT2D eigenvalue weighted by atomic mass is 19.4. The van der Waals surface area contributed by atoms with Crippen molar-refractivity contribution in [3.05, 3.63) is 18.2 Å². The molecule has 0 amide bonds. The molecule has 0 atom stereocenters. The second kappa shape index (κ2) is 4.59. The number of methoxy groups -OCH3 is 1. The molecule has 0 saturated heterocycles. The van der Waals surface area contributed by atoms with Crippen LogP contribution in [0.5, 0.6) is 5.75 Å². The largest absolute Gasteiger partial charge is 0.497 e. The topological polar surface area (TPSA) is 38.5 Å². The molecule has 6 heteroatoms. The number of hydrogen-bond donors (Lipinski definition) is 1. The Morgan fingerprint density at radius 2 is 2.06 bits per heavy atom. The van der Waals surface area contributed by atoms with Gasteiger partial charge in [-0.3, -0.25) is 0 Å². The molecule has 0 bridgehead atoms. The molecule has 1 saturated carbocycles. The smallest absolute Gasteiger partial charge is 0.405 e. The van der Waals surface area contributed by atoms with Gasteiger partial charge in [-0.05, 0) is 25.0 Å². The number of nitrogen functional groups attached to an aromatic ring is 1. The van der Waals surface area contributed by atoms with Crippen LogP contribution >= 0.6 is 0 Å². The molecule has 2 N–H and O–H groups in total. The second-order valence-electron chi connectivity index (χ2n) is 4.40. The molecule has 3 nitrogen and oxygen atoms in total. The third-order valence-electron chi connectivity index (χ3n) is 2.88. The van der Waals surface area contributed by atoms with E-state index >= 15 is 0 Å². The van der Waals surface area contributed by atoms with Gasteiger partial charge >= 0.3 is 6.18 Å². The van der Waals surface area contributed by atoms with Crippen molar-refractivity contribution in [2.75, 3.05) is 24.3 Å². The highest BCUT2D eigenvalue weighted by molar-refractivity contribution is 5.70. The maximum Gasteiger partial charge on any atom is 0.405 e. The third kappa shape index (κ3) is 3.00. The molecule has 1 aliphatic carbocycles.